The Labute approximate surface area is 300 Å². The molecule has 5 aliphatic rings. The van der Waals surface area contributed by atoms with Crippen molar-refractivity contribution in [2.75, 3.05) is 6.54 Å². The molecule has 4 N–H and O–H groups in total. The molecular formula is C38H50N6O6S. The van der Waals surface area contributed by atoms with Gasteiger partial charge in [0.2, 0.25) is 21.8 Å². The van der Waals surface area contributed by atoms with Gasteiger partial charge in [-0.05, 0) is 87.6 Å². The molecule has 0 bridgehead atoms. The summed E-state index contributed by atoms with van der Waals surface area (Å²) < 4.78 is 27.9. The summed E-state index contributed by atoms with van der Waals surface area (Å²) in [6.45, 7) is 7.19. The molecule has 51 heavy (non-hydrogen) atoms. The van der Waals surface area contributed by atoms with Crippen molar-refractivity contribution in [1.29, 1.82) is 0 Å². The quantitative estimate of drug-likeness (QED) is 0.345. The average molecular weight is 719 g/mol. The van der Waals surface area contributed by atoms with Gasteiger partial charge in [0.15, 0.2) is 0 Å². The Bertz CT molecular complexity index is 1830. The molecule has 5 atom stereocenters. The zero-order valence-corrected chi connectivity index (χ0v) is 30.6. The minimum Gasteiger partial charge on any atom is -0.339 e. The zero-order valence-electron chi connectivity index (χ0n) is 29.7. The first-order chi connectivity index (χ1) is 24.2. The fraction of sp³-hybridized carbons (Fsp3) is 0.579. The number of nitrogens with one attached hydrogen (secondary N) is 4. The zero-order chi connectivity index (χ0) is 36.1. The predicted octanol–water partition coefficient (Wildman–Crippen LogP) is 3.59. The number of urea groups is 1. The molecule has 274 valence electrons. The van der Waals surface area contributed by atoms with Gasteiger partial charge in [-0.1, -0.05) is 61.4 Å². The molecule has 4 unspecified atom stereocenters. The van der Waals surface area contributed by atoms with Crippen LogP contribution in [0.4, 0.5) is 4.79 Å². The van der Waals surface area contributed by atoms with Gasteiger partial charge in [-0.2, -0.15) is 0 Å². The molecule has 0 spiro atoms. The molecule has 2 aliphatic carbocycles. The van der Waals surface area contributed by atoms with E-state index in [1.165, 1.54) is 21.9 Å². The summed E-state index contributed by atoms with van der Waals surface area (Å²) in [5.74, 6) is -1.92. The Kier molecular flexibility index (Phi) is 9.41. The van der Waals surface area contributed by atoms with Crippen LogP contribution in [0, 0.1) is 5.92 Å². The first-order valence-electron chi connectivity index (χ1n) is 18.4. The number of carbonyl (C=O) groups excluding carboxylic acids is 4. The largest absolute Gasteiger partial charge is 0.339 e. The molecule has 2 aromatic carbocycles. The summed E-state index contributed by atoms with van der Waals surface area (Å²) in [4.78, 5) is 59.8. The predicted molar refractivity (Wildman–Crippen MR) is 194 cm³/mol. The molecule has 12 nitrogen and oxygen atoms in total. The minimum atomic E-state index is -3.84. The van der Waals surface area contributed by atoms with E-state index in [0.29, 0.717) is 45.2 Å². The lowest BCUT2D eigenvalue weighted by Crippen LogP contribution is -2.59. The van der Waals surface area contributed by atoms with Gasteiger partial charge >= 0.3 is 6.03 Å². The second kappa shape index (κ2) is 13.5. The van der Waals surface area contributed by atoms with Crippen molar-refractivity contribution < 1.29 is 27.6 Å². The molecule has 3 aliphatic heterocycles. The standard InChI is InChI=1S/C38H50N6O6S/c1-37(2,3)41-36(48)39-30-16-8-6-4-5-7-15-27-20-38(27,35(47)42-51(49,50)29-17-18-29)40-33(45)31-19-28(23-44(31)34(30)46)43-21-25-13-9-11-24-12-10-14-26(22-43)32(24)25/h7,9-15,27-31H,4-6,8,16-23H2,1-3H3,(H,40,45)(H,42,47)(H2,39,41,48)/b15-7+/t27?,28-,30?,31?,38?/m1/s1. The number of carbonyl (C=O) groups is 4. The highest BCUT2D eigenvalue weighted by Crippen LogP contribution is 2.46. The Morgan fingerprint density at radius 1 is 0.961 bits per heavy atom. The third-order valence-corrected chi connectivity index (χ3v) is 12.8. The number of rotatable bonds is 5. The van der Waals surface area contributed by atoms with E-state index in [1.807, 2.05) is 45.1 Å². The normalized spacial score (nSPS) is 29.5. The highest BCUT2D eigenvalue weighted by Gasteiger charge is 2.62. The Balaban J connectivity index is 1.19. The number of hydrogen-bond donors (Lipinski definition) is 4. The average Bonchev–Trinajstić information content (AvgIpc) is 3.99. The van der Waals surface area contributed by atoms with Crippen LogP contribution in [0.3, 0.4) is 0 Å². The molecule has 13 heteroatoms. The van der Waals surface area contributed by atoms with E-state index in [9.17, 15) is 27.6 Å². The van der Waals surface area contributed by atoms with Crippen LogP contribution in [0.25, 0.3) is 10.8 Å². The van der Waals surface area contributed by atoms with Crippen LogP contribution in [0.1, 0.15) is 89.7 Å². The van der Waals surface area contributed by atoms with E-state index in [2.05, 4.69) is 49.8 Å². The molecule has 0 aromatic heterocycles. The molecule has 7 rings (SSSR count). The highest BCUT2D eigenvalue weighted by atomic mass is 32.2. The third-order valence-electron chi connectivity index (χ3n) is 11.0. The first-order valence-corrected chi connectivity index (χ1v) is 20.0. The van der Waals surface area contributed by atoms with Gasteiger partial charge < -0.3 is 20.9 Å². The van der Waals surface area contributed by atoms with Crippen LogP contribution in [0.2, 0.25) is 0 Å². The monoisotopic (exact) mass is 718 g/mol. The van der Waals surface area contributed by atoms with Gasteiger partial charge in [0, 0.05) is 37.1 Å². The van der Waals surface area contributed by atoms with Gasteiger partial charge in [0.1, 0.15) is 17.6 Å². The Morgan fingerprint density at radius 3 is 2.33 bits per heavy atom. The molecule has 3 fully saturated rings. The topological polar surface area (TPSA) is 157 Å². The van der Waals surface area contributed by atoms with E-state index >= 15 is 0 Å². The third kappa shape index (κ3) is 7.51. The van der Waals surface area contributed by atoms with Crippen LogP contribution in [0.15, 0.2) is 48.6 Å². The minimum absolute atomic E-state index is 0.175. The lowest BCUT2D eigenvalue weighted by atomic mass is 9.94. The number of amides is 5. The van der Waals surface area contributed by atoms with E-state index in [1.54, 1.807) is 4.90 Å². The Morgan fingerprint density at radius 2 is 1.67 bits per heavy atom. The van der Waals surface area contributed by atoms with Crippen molar-refractivity contribution in [3.8, 4) is 0 Å². The van der Waals surface area contributed by atoms with Crippen molar-refractivity contribution in [3.05, 3.63) is 59.7 Å². The van der Waals surface area contributed by atoms with Gasteiger partial charge in [-0.25, -0.2) is 13.2 Å². The SMILES string of the molecule is CC(C)(C)NC(=O)NC1CCCCC/C=C/C2CC2(C(=O)NS(=O)(=O)C2CC2)NC(=O)C2C[C@@H](N3Cc4cccc5cccc(c45)C3)CN2C1=O. The van der Waals surface area contributed by atoms with E-state index in [4.69, 9.17) is 0 Å². The van der Waals surface area contributed by atoms with E-state index in [-0.39, 0.29) is 30.8 Å². The fourth-order valence-corrected chi connectivity index (χ4v) is 9.46. The van der Waals surface area contributed by atoms with Crippen LogP contribution in [-0.4, -0.2) is 83.0 Å². The van der Waals surface area contributed by atoms with Crippen molar-refractivity contribution >= 4 is 44.5 Å². The molecule has 0 radical (unpaired) electrons. The van der Waals surface area contributed by atoms with Gasteiger partial charge in [0.25, 0.3) is 5.91 Å². The molecule has 1 saturated heterocycles. The smallest absolute Gasteiger partial charge is 0.315 e. The molecule has 2 aromatic rings. The summed E-state index contributed by atoms with van der Waals surface area (Å²) in [7, 11) is -3.84. The fourth-order valence-electron chi connectivity index (χ4n) is 8.09. The van der Waals surface area contributed by atoms with Crippen molar-refractivity contribution in [2.24, 2.45) is 5.92 Å². The maximum absolute atomic E-state index is 14.6. The van der Waals surface area contributed by atoms with Crippen molar-refractivity contribution in [2.45, 2.75) is 126 Å². The number of hydrogen-bond acceptors (Lipinski definition) is 7. The number of sulfonamides is 1. The maximum Gasteiger partial charge on any atom is 0.315 e. The van der Waals surface area contributed by atoms with Gasteiger partial charge in [-0.3, -0.25) is 24.0 Å². The van der Waals surface area contributed by atoms with Gasteiger partial charge in [-0.15, -0.1) is 0 Å². The summed E-state index contributed by atoms with van der Waals surface area (Å²) in [5, 5.41) is 10.6. The number of nitrogens with zero attached hydrogens (tertiary/aromatic N) is 2. The second-order valence-electron chi connectivity index (χ2n) is 16.1. The molecular weight excluding hydrogens is 669 g/mol. The lowest BCUT2D eigenvalue weighted by Gasteiger charge is -2.34. The number of benzene rings is 2. The summed E-state index contributed by atoms with van der Waals surface area (Å²) in [6, 6.07) is 10.2. The first kappa shape index (κ1) is 35.4. The van der Waals surface area contributed by atoms with Crippen LogP contribution in [0.5, 0.6) is 0 Å². The molecule has 3 heterocycles. The highest BCUT2D eigenvalue weighted by molar-refractivity contribution is 7.91. The molecule has 2 saturated carbocycles. The molecule has 5 amide bonds. The van der Waals surface area contributed by atoms with Crippen molar-refractivity contribution in [1.82, 2.24) is 30.5 Å². The van der Waals surface area contributed by atoms with Crippen LogP contribution in [-0.2, 0) is 37.5 Å². The van der Waals surface area contributed by atoms with Crippen LogP contribution >= 0.6 is 0 Å². The summed E-state index contributed by atoms with van der Waals surface area (Å²) in [5.41, 5.74) is 0.435. The summed E-state index contributed by atoms with van der Waals surface area (Å²) in [6.07, 6.45) is 9.05. The second-order valence-corrected chi connectivity index (χ2v) is 18.1. The van der Waals surface area contributed by atoms with E-state index < -0.39 is 56.3 Å². The summed E-state index contributed by atoms with van der Waals surface area (Å²) >= 11 is 0. The van der Waals surface area contributed by atoms with Gasteiger partial charge in [0.05, 0.1) is 5.25 Å². The van der Waals surface area contributed by atoms with Crippen molar-refractivity contribution in [3.63, 3.8) is 0 Å². The lowest BCUT2D eigenvalue weighted by molar-refractivity contribution is -0.141. The Hall–Kier alpha value is -3.97. The van der Waals surface area contributed by atoms with E-state index in [0.717, 1.165) is 19.3 Å². The maximum atomic E-state index is 14.6. The number of fused-ring (bicyclic) bond motifs is 2. The number of allylic oxidation sites excluding steroid dienone is 1. The van der Waals surface area contributed by atoms with Crippen LogP contribution < -0.4 is 20.7 Å².